The van der Waals surface area contributed by atoms with Gasteiger partial charge in [-0.05, 0) is 52.9 Å². The lowest BCUT2D eigenvalue weighted by atomic mass is 10.1. The summed E-state index contributed by atoms with van der Waals surface area (Å²) in [6, 6.07) is 0. The van der Waals surface area contributed by atoms with E-state index in [0.29, 0.717) is 6.61 Å². The third-order valence-corrected chi connectivity index (χ3v) is 4.51. The van der Waals surface area contributed by atoms with Crippen molar-refractivity contribution in [3.63, 3.8) is 0 Å². The van der Waals surface area contributed by atoms with E-state index in [1.807, 2.05) is 20.8 Å². The van der Waals surface area contributed by atoms with Crippen LogP contribution in [0.2, 0.25) is 0 Å². The fourth-order valence-electron chi connectivity index (χ4n) is 2.88. The first-order valence-corrected chi connectivity index (χ1v) is 10.9. The molecule has 2 nitrogen and oxygen atoms in total. The Hall–Kier alpha value is -0.340. The number of allylic oxidation sites excluding steroid dienone is 2. The summed E-state index contributed by atoms with van der Waals surface area (Å²) in [7, 11) is 0. The Morgan fingerprint density at radius 2 is 1.24 bits per heavy atom. The van der Waals surface area contributed by atoms with Gasteiger partial charge in [-0.3, -0.25) is 0 Å². The van der Waals surface area contributed by atoms with E-state index in [4.69, 9.17) is 4.74 Å². The van der Waals surface area contributed by atoms with Gasteiger partial charge in [0.15, 0.2) is 0 Å². The molecule has 0 aromatic rings. The van der Waals surface area contributed by atoms with Crippen molar-refractivity contribution in [3.8, 4) is 0 Å². The minimum Gasteiger partial charge on any atom is -0.391 e. The van der Waals surface area contributed by atoms with E-state index >= 15 is 0 Å². The Morgan fingerprint density at radius 3 is 1.76 bits per heavy atom. The van der Waals surface area contributed by atoms with Gasteiger partial charge in [-0.2, -0.15) is 0 Å². The lowest BCUT2D eigenvalue weighted by molar-refractivity contribution is -0.0509. The second kappa shape index (κ2) is 17.1. The van der Waals surface area contributed by atoms with Crippen molar-refractivity contribution in [2.45, 2.75) is 129 Å². The van der Waals surface area contributed by atoms with Crippen LogP contribution in [-0.2, 0) is 4.74 Å². The third kappa shape index (κ3) is 21.6. The molecule has 0 bridgehead atoms. The van der Waals surface area contributed by atoms with E-state index in [9.17, 15) is 5.11 Å². The lowest BCUT2D eigenvalue weighted by Crippen LogP contribution is -2.26. The van der Waals surface area contributed by atoms with Crippen LogP contribution in [-0.4, -0.2) is 23.4 Å². The molecule has 1 atom stereocenters. The van der Waals surface area contributed by atoms with Gasteiger partial charge in [0.2, 0.25) is 0 Å². The zero-order valence-corrected chi connectivity index (χ0v) is 17.7. The van der Waals surface area contributed by atoms with Crippen LogP contribution in [0.15, 0.2) is 12.2 Å². The quantitative estimate of drug-likeness (QED) is 0.221. The maximum absolute atomic E-state index is 9.88. The van der Waals surface area contributed by atoms with E-state index in [-0.39, 0.29) is 11.7 Å². The Labute approximate surface area is 158 Å². The average Bonchev–Trinajstić information content (AvgIpc) is 2.56. The molecule has 0 aliphatic rings. The van der Waals surface area contributed by atoms with Crippen LogP contribution < -0.4 is 0 Å². The summed E-state index contributed by atoms with van der Waals surface area (Å²) in [5.41, 5.74) is -0.149. The first kappa shape index (κ1) is 24.7. The fourth-order valence-corrected chi connectivity index (χ4v) is 2.88. The molecule has 2 heteroatoms. The third-order valence-electron chi connectivity index (χ3n) is 4.51. The highest BCUT2D eigenvalue weighted by Crippen LogP contribution is 2.12. The van der Waals surface area contributed by atoms with Crippen molar-refractivity contribution in [1.82, 2.24) is 0 Å². The molecular weight excluding hydrogens is 308 g/mol. The van der Waals surface area contributed by atoms with E-state index < -0.39 is 0 Å². The van der Waals surface area contributed by atoms with Crippen molar-refractivity contribution >= 4 is 0 Å². The number of unbranched alkanes of at least 4 members (excludes halogenated alkanes) is 11. The number of rotatable bonds is 17. The van der Waals surface area contributed by atoms with Crippen molar-refractivity contribution in [2.75, 3.05) is 6.61 Å². The van der Waals surface area contributed by atoms with Gasteiger partial charge in [-0.15, -0.1) is 0 Å². The second-order valence-electron chi connectivity index (χ2n) is 8.45. The highest BCUT2D eigenvalue weighted by Gasteiger charge is 2.13. The summed E-state index contributed by atoms with van der Waals surface area (Å²) < 4.78 is 5.61. The van der Waals surface area contributed by atoms with Crippen molar-refractivity contribution in [2.24, 2.45) is 0 Å². The summed E-state index contributed by atoms with van der Waals surface area (Å²) in [6.07, 6.45) is 22.4. The number of hydrogen-bond donors (Lipinski definition) is 1. The molecule has 150 valence electrons. The van der Waals surface area contributed by atoms with Gasteiger partial charge in [0, 0.05) is 0 Å². The molecule has 1 unspecified atom stereocenters. The van der Waals surface area contributed by atoms with Crippen LogP contribution in [0, 0.1) is 0 Å². The maximum atomic E-state index is 9.88. The molecule has 0 amide bonds. The molecular formula is C23H46O2. The number of aliphatic hydroxyl groups excluding tert-OH is 1. The topological polar surface area (TPSA) is 29.5 Å². The molecule has 0 aromatic heterocycles. The first-order valence-electron chi connectivity index (χ1n) is 10.9. The van der Waals surface area contributed by atoms with Crippen LogP contribution in [0.1, 0.15) is 118 Å². The molecule has 0 aromatic carbocycles. The Kier molecular flexibility index (Phi) is 16.9. The summed E-state index contributed by atoms with van der Waals surface area (Å²) in [4.78, 5) is 0. The zero-order valence-electron chi connectivity index (χ0n) is 17.7. The molecule has 0 saturated heterocycles. The minimum atomic E-state index is -0.302. The summed E-state index contributed by atoms with van der Waals surface area (Å²) >= 11 is 0. The van der Waals surface area contributed by atoms with Gasteiger partial charge < -0.3 is 9.84 Å². The Morgan fingerprint density at radius 1 is 0.760 bits per heavy atom. The Balaban J connectivity index is 3.24. The SMILES string of the molecule is CCCCCCCC/C=C\CCCCCCCC(O)COC(C)(C)C. The first-order chi connectivity index (χ1) is 12.0. The average molecular weight is 355 g/mol. The summed E-state index contributed by atoms with van der Waals surface area (Å²) in [6.45, 7) is 8.83. The smallest absolute Gasteiger partial charge is 0.0774 e. The van der Waals surface area contributed by atoms with E-state index in [0.717, 1.165) is 12.8 Å². The lowest BCUT2D eigenvalue weighted by Gasteiger charge is -2.21. The number of hydrogen-bond acceptors (Lipinski definition) is 2. The monoisotopic (exact) mass is 354 g/mol. The molecule has 1 N–H and O–H groups in total. The maximum Gasteiger partial charge on any atom is 0.0774 e. The molecule has 0 spiro atoms. The molecule has 0 fully saturated rings. The molecule has 0 heterocycles. The number of ether oxygens (including phenoxy) is 1. The highest BCUT2D eigenvalue weighted by atomic mass is 16.5. The van der Waals surface area contributed by atoms with E-state index in [1.54, 1.807) is 0 Å². The fraction of sp³-hybridized carbons (Fsp3) is 0.913. The Bertz CT molecular complexity index is 291. The molecule has 0 aliphatic heterocycles. The van der Waals surface area contributed by atoms with Gasteiger partial charge in [0.05, 0.1) is 18.3 Å². The molecule has 0 rings (SSSR count). The van der Waals surface area contributed by atoms with Gasteiger partial charge in [-0.25, -0.2) is 0 Å². The second-order valence-corrected chi connectivity index (χ2v) is 8.45. The summed E-state index contributed by atoms with van der Waals surface area (Å²) in [5, 5.41) is 9.88. The molecule has 0 radical (unpaired) electrons. The minimum absolute atomic E-state index is 0.149. The van der Waals surface area contributed by atoms with Crippen molar-refractivity contribution in [1.29, 1.82) is 0 Å². The van der Waals surface area contributed by atoms with Crippen LogP contribution in [0.25, 0.3) is 0 Å². The standard InChI is InChI=1S/C23H46O2/c1-5-6-7-8-9-10-11-12-13-14-15-16-17-18-19-20-22(24)21-25-23(2,3)4/h12-13,22,24H,5-11,14-21H2,1-4H3/b13-12-. The largest absolute Gasteiger partial charge is 0.391 e. The van der Waals surface area contributed by atoms with Crippen molar-refractivity contribution in [3.05, 3.63) is 12.2 Å². The predicted octanol–water partition coefficient (Wildman–Crippen LogP) is 7.20. The molecule has 25 heavy (non-hydrogen) atoms. The van der Waals surface area contributed by atoms with Gasteiger partial charge in [0.1, 0.15) is 0 Å². The van der Waals surface area contributed by atoms with Gasteiger partial charge in [0.25, 0.3) is 0 Å². The normalized spacial score (nSPS) is 13.6. The van der Waals surface area contributed by atoms with Crippen LogP contribution in [0.4, 0.5) is 0 Å². The van der Waals surface area contributed by atoms with Gasteiger partial charge in [-0.1, -0.05) is 76.9 Å². The zero-order chi connectivity index (χ0) is 18.8. The van der Waals surface area contributed by atoms with Crippen LogP contribution >= 0.6 is 0 Å². The highest BCUT2D eigenvalue weighted by molar-refractivity contribution is 4.81. The van der Waals surface area contributed by atoms with Crippen LogP contribution in [0.3, 0.4) is 0 Å². The van der Waals surface area contributed by atoms with Crippen molar-refractivity contribution < 1.29 is 9.84 Å². The predicted molar refractivity (Wildman–Crippen MR) is 111 cm³/mol. The molecule has 0 aliphatic carbocycles. The van der Waals surface area contributed by atoms with Gasteiger partial charge >= 0.3 is 0 Å². The van der Waals surface area contributed by atoms with Crippen LogP contribution in [0.5, 0.6) is 0 Å². The summed E-state index contributed by atoms with van der Waals surface area (Å²) in [5.74, 6) is 0. The van der Waals surface area contributed by atoms with E-state index in [1.165, 1.54) is 77.0 Å². The van der Waals surface area contributed by atoms with E-state index in [2.05, 4.69) is 19.1 Å². The number of aliphatic hydroxyl groups is 1. The molecule has 0 saturated carbocycles.